The number of allylic oxidation sites excluding steroid dienone is 1. The fourth-order valence-electron chi connectivity index (χ4n) is 5.04. The van der Waals surface area contributed by atoms with E-state index in [9.17, 15) is 22.6 Å². The van der Waals surface area contributed by atoms with Crippen LogP contribution in [-0.2, 0) is 21.3 Å². The van der Waals surface area contributed by atoms with Gasteiger partial charge in [0.25, 0.3) is 5.91 Å². The molecule has 5 aromatic rings. The number of nitrogens with one attached hydrogen (secondary N) is 2. The van der Waals surface area contributed by atoms with Gasteiger partial charge < -0.3 is 19.6 Å². The lowest BCUT2D eigenvalue weighted by molar-refractivity contribution is -0.117. The van der Waals surface area contributed by atoms with Gasteiger partial charge >= 0.3 is 0 Å². The molecule has 0 spiro atoms. The Balaban J connectivity index is 1.33. The molecule has 0 radical (unpaired) electrons. The number of benzene rings is 4. The van der Waals surface area contributed by atoms with Crippen molar-refractivity contribution in [3.63, 3.8) is 0 Å². The first-order valence-electron chi connectivity index (χ1n) is 15.3. The first kappa shape index (κ1) is 33.4. The fourth-order valence-corrected chi connectivity index (χ4v) is 5.39. The molecule has 2 N–H and O–H groups in total. The van der Waals surface area contributed by atoms with Crippen LogP contribution in [0.5, 0.6) is 0 Å². The van der Waals surface area contributed by atoms with Gasteiger partial charge in [-0.25, -0.2) is 8.42 Å². The van der Waals surface area contributed by atoms with E-state index >= 15 is 0 Å². The molecule has 1 unspecified atom stereocenters. The molecular formula is C38H37N2O6S-. The number of fused-ring (bicyclic) bond motifs is 1. The molecule has 0 saturated heterocycles. The molecule has 0 aliphatic heterocycles. The standard InChI is InChI=1S/C38H38N2O6S/c1-38(2,3)21-20-26-8-12-28(13-9-26)33(24-27-10-14-30(15-11-27)36(41)39-22-23-47(43,44)45)37(42)40-32-18-16-29(17-19-32)35-25-31-6-4-5-7-34(31)46-35/h4-21,25,33H,22-24H2,1-3H3,(H,39,41)(H,40,42)(H,43,44,45)/p-1/b21-20+. The highest BCUT2D eigenvalue weighted by atomic mass is 32.2. The van der Waals surface area contributed by atoms with E-state index in [-0.39, 0.29) is 17.9 Å². The smallest absolute Gasteiger partial charge is 0.251 e. The van der Waals surface area contributed by atoms with Crippen LogP contribution in [0.4, 0.5) is 5.69 Å². The molecule has 8 nitrogen and oxygen atoms in total. The van der Waals surface area contributed by atoms with Crippen LogP contribution >= 0.6 is 0 Å². The van der Waals surface area contributed by atoms with Crippen molar-refractivity contribution >= 4 is 44.7 Å². The summed E-state index contributed by atoms with van der Waals surface area (Å²) in [5.41, 5.74) is 5.42. The predicted molar refractivity (Wildman–Crippen MR) is 185 cm³/mol. The van der Waals surface area contributed by atoms with Crippen LogP contribution in [0.15, 0.2) is 114 Å². The monoisotopic (exact) mass is 649 g/mol. The summed E-state index contributed by atoms with van der Waals surface area (Å²) in [6, 6.07) is 32.0. The average Bonchev–Trinajstić information content (AvgIpc) is 3.47. The second kappa shape index (κ2) is 14.2. The minimum Gasteiger partial charge on any atom is -0.748 e. The zero-order chi connectivity index (χ0) is 33.6. The van der Waals surface area contributed by atoms with Gasteiger partial charge in [-0.15, -0.1) is 0 Å². The Morgan fingerprint density at radius 2 is 1.57 bits per heavy atom. The summed E-state index contributed by atoms with van der Waals surface area (Å²) in [5.74, 6) is -1.14. The summed E-state index contributed by atoms with van der Waals surface area (Å²) in [5, 5.41) is 6.53. The molecule has 47 heavy (non-hydrogen) atoms. The number of anilines is 1. The highest BCUT2D eigenvalue weighted by molar-refractivity contribution is 7.85. The van der Waals surface area contributed by atoms with Crippen molar-refractivity contribution in [3.8, 4) is 11.3 Å². The maximum atomic E-state index is 13.8. The summed E-state index contributed by atoms with van der Waals surface area (Å²) in [7, 11) is -4.42. The summed E-state index contributed by atoms with van der Waals surface area (Å²) >= 11 is 0. The van der Waals surface area contributed by atoms with Gasteiger partial charge in [-0.2, -0.15) is 0 Å². The Labute approximate surface area is 275 Å². The van der Waals surface area contributed by atoms with Crippen LogP contribution < -0.4 is 10.6 Å². The van der Waals surface area contributed by atoms with Gasteiger partial charge in [0.15, 0.2) is 0 Å². The molecule has 9 heteroatoms. The topological polar surface area (TPSA) is 129 Å². The van der Waals surface area contributed by atoms with Gasteiger partial charge in [-0.3, -0.25) is 9.59 Å². The Morgan fingerprint density at radius 1 is 0.894 bits per heavy atom. The third-order valence-corrected chi connectivity index (χ3v) is 8.29. The van der Waals surface area contributed by atoms with Gasteiger partial charge in [0.2, 0.25) is 5.91 Å². The quantitative estimate of drug-likeness (QED) is 0.144. The number of carbonyl (C=O) groups excluding carboxylic acids is 2. The largest absolute Gasteiger partial charge is 0.748 e. The lowest BCUT2D eigenvalue weighted by atomic mass is 9.89. The normalized spacial score (nSPS) is 12.7. The van der Waals surface area contributed by atoms with E-state index < -0.39 is 27.7 Å². The predicted octanol–water partition coefficient (Wildman–Crippen LogP) is 7.40. The second-order valence-electron chi connectivity index (χ2n) is 12.6. The van der Waals surface area contributed by atoms with Crippen LogP contribution in [0.25, 0.3) is 28.4 Å². The van der Waals surface area contributed by atoms with Gasteiger partial charge in [-0.1, -0.05) is 87.5 Å². The van der Waals surface area contributed by atoms with Crippen molar-refractivity contribution in [1.29, 1.82) is 0 Å². The highest BCUT2D eigenvalue weighted by Gasteiger charge is 2.22. The van der Waals surface area contributed by atoms with Gasteiger partial charge in [0, 0.05) is 28.7 Å². The van der Waals surface area contributed by atoms with Crippen molar-refractivity contribution in [3.05, 3.63) is 131 Å². The molecule has 0 aliphatic rings. The molecule has 1 atom stereocenters. The molecule has 5 rings (SSSR count). The fraction of sp³-hybridized carbons (Fsp3) is 0.211. The second-order valence-corrected chi connectivity index (χ2v) is 14.1. The number of rotatable bonds is 11. The molecule has 0 saturated carbocycles. The molecule has 242 valence electrons. The van der Waals surface area contributed by atoms with Crippen molar-refractivity contribution in [2.45, 2.75) is 33.1 Å². The van der Waals surface area contributed by atoms with Crippen molar-refractivity contribution in [2.24, 2.45) is 5.41 Å². The van der Waals surface area contributed by atoms with Crippen LogP contribution in [0.3, 0.4) is 0 Å². The summed E-state index contributed by atoms with van der Waals surface area (Å²) in [4.78, 5) is 26.2. The Morgan fingerprint density at radius 3 is 2.21 bits per heavy atom. The molecule has 1 aromatic heterocycles. The zero-order valence-electron chi connectivity index (χ0n) is 26.5. The van der Waals surface area contributed by atoms with E-state index in [1.165, 1.54) is 0 Å². The SMILES string of the molecule is CC(C)(C)/C=C/c1ccc(C(Cc2ccc(C(=O)NCCS(=O)(=O)[O-])cc2)C(=O)Nc2ccc(-c3cc4ccccc4o3)cc2)cc1. The maximum absolute atomic E-state index is 13.8. The summed E-state index contributed by atoms with van der Waals surface area (Å²) in [6.45, 7) is 6.13. The van der Waals surface area contributed by atoms with E-state index in [2.05, 4.69) is 43.6 Å². The minimum absolute atomic E-state index is 0.0395. The molecule has 1 heterocycles. The Bertz CT molecular complexity index is 1950. The molecule has 0 fully saturated rings. The number of hydrogen-bond donors (Lipinski definition) is 2. The molecular weight excluding hydrogens is 612 g/mol. The van der Waals surface area contributed by atoms with Gasteiger partial charge in [0.05, 0.1) is 21.8 Å². The van der Waals surface area contributed by atoms with Crippen LogP contribution in [0, 0.1) is 5.41 Å². The highest BCUT2D eigenvalue weighted by Crippen LogP contribution is 2.30. The lowest BCUT2D eigenvalue weighted by Gasteiger charge is -2.18. The first-order chi connectivity index (χ1) is 22.3. The van der Waals surface area contributed by atoms with Gasteiger partial charge in [-0.05, 0) is 77.1 Å². The van der Waals surface area contributed by atoms with E-state index in [1.54, 1.807) is 24.3 Å². The van der Waals surface area contributed by atoms with E-state index in [0.717, 1.165) is 39.0 Å². The van der Waals surface area contributed by atoms with Gasteiger partial charge in [0.1, 0.15) is 11.3 Å². The maximum Gasteiger partial charge on any atom is 0.251 e. The van der Waals surface area contributed by atoms with Crippen molar-refractivity contribution in [2.75, 3.05) is 17.6 Å². The third kappa shape index (κ3) is 9.51. The Kier molecular flexibility index (Phi) is 10.1. The van der Waals surface area contributed by atoms with Crippen LogP contribution in [-0.4, -0.2) is 37.1 Å². The zero-order valence-corrected chi connectivity index (χ0v) is 27.3. The summed E-state index contributed by atoms with van der Waals surface area (Å²) < 4.78 is 38.5. The minimum atomic E-state index is -4.42. The van der Waals surface area contributed by atoms with E-state index in [1.807, 2.05) is 78.9 Å². The van der Waals surface area contributed by atoms with E-state index in [0.29, 0.717) is 17.7 Å². The van der Waals surface area contributed by atoms with E-state index in [4.69, 9.17) is 4.42 Å². The van der Waals surface area contributed by atoms with Crippen LogP contribution in [0.2, 0.25) is 0 Å². The first-order valence-corrected chi connectivity index (χ1v) is 16.9. The average molecular weight is 650 g/mol. The number of furan rings is 1. The molecule has 0 bridgehead atoms. The number of hydrogen-bond acceptors (Lipinski definition) is 6. The number of carbonyl (C=O) groups is 2. The number of amides is 2. The summed E-state index contributed by atoms with van der Waals surface area (Å²) in [6.07, 6.45) is 4.58. The molecule has 4 aromatic carbocycles. The number of para-hydroxylation sites is 1. The molecule has 2 amide bonds. The van der Waals surface area contributed by atoms with Crippen molar-refractivity contribution in [1.82, 2.24) is 5.32 Å². The van der Waals surface area contributed by atoms with Crippen molar-refractivity contribution < 1.29 is 27.0 Å². The third-order valence-electron chi connectivity index (χ3n) is 7.59. The lowest BCUT2D eigenvalue weighted by Crippen LogP contribution is -2.29. The molecule has 0 aliphatic carbocycles. The Hall–Kier alpha value is -4.99. The van der Waals surface area contributed by atoms with Crippen LogP contribution in [0.1, 0.15) is 53.7 Å².